The molecular formula is C20H24N4O3S. The molecule has 0 unspecified atom stereocenters. The molecule has 7 nitrogen and oxygen atoms in total. The van der Waals surface area contributed by atoms with Crippen LogP contribution < -0.4 is 5.32 Å². The van der Waals surface area contributed by atoms with Gasteiger partial charge in [-0.25, -0.2) is 9.78 Å². The summed E-state index contributed by atoms with van der Waals surface area (Å²) in [5.41, 5.74) is 0.205. The predicted octanol–water partition coefficient (Wildman–Crippen LogP) is 3.07. The van der Waals surface area contributed by atoms with Gasteiger partial charge in [0.1, 0.15) is 10.5 Å². The SMILES string of the molecule is C[C@H](c1nc2ccccc2s1)N(C)C(=O)CCN1C(=O)NC2(CCCC2)C1=O. The van der Waals surface area contributed by atoms with Crippen molar-refractivity contribution in [3.8, 4) is 0 Å². The third-order valence-electron chi connectivity index (χ3n) is 5.89. The maximum atomic E-state index is 12.7. The van der Waals surface area contributed by atoms with Crippen LogP contribution in [-0.2, 0) is 9.59 Å². The normalized spacial score (nSPS) is 19.4. The maximum absolute atomic E-state index is 12.7. The number of hydrogen-bond donors (Lipinski definition) is 1. The molecule has 28 heavy (non-hydrogen) atoms. The van der Waals surface area contributed by atoms with Crippen LogP contribution in [0.4, 0.5) is 4.79 Å². The number of imide groups is 1. The average Bonchev–Trinajstić information content (AvgIpc) is 3.38. The van der Waals surface area contributed by atoms with Crippen LogP contribution in [0.5, 0.6) is 0 Å². The van der Waals surface area contributed by atoms with E-state index in [0.29, 0.717) is 12.8 Å². The molecule has 1 spiro atoms. The van der Waals surface area contributed by atoms with Crippen LogP contribution in [0.2, 0.25) is 0 Å². The van der Waals surface area contributed by atoms with E-state index in [4.69, 9.17) is 0 Å². The summed E-state index contributed by atoms with van der Waals surface area (Å²) in [4.78, 5) is 45.1. The molecule has 1 aliphatic carbocycles. The molecule has 2 aromatic rings. The van der Waals surface area contributed by atoms with Gasteiger partial charge in [0.2, 0.25) is 5.91 Å². The Bertz CT molecular complexity index is 901. The molecule has 2 fully saturated rings. The van der Waals surface area contributed by atoms with E-state index < -0.39 is 5.54 Å². The number of fused-ring (bicyclic) bond motifs is 1. The topological polar surface area (TPSA) is 82.6 Å². The molecule has 1 N–H and O–H groups in total. The average molecular weight is 401 g/mol. The first-order chi connectivity index (χ1) is 13.4. The third-order valence-corrected chi connectivity index (χ3v) is 7.10. The molecule has 1 saturated carbocycles. The van der Waals surface area contributed by atoms with Gasteiger partial charge in [0.15, 0.2) is 0 Å². The summed E-state index contributed by atoms with van der Waals surface area (Å²) in [6.07, 6.45) is 3.39. The number of carbonyl (C=O) groups is 3. The lowest BCUT2D eigenvalue weighted by Gasteiger charge is -2.24. The zero-order valence-electron chi connectivity index (χ0n) is 16.1. The summed E-state index contributed by atoms with van der Waals surface area (Å²) < 4.78 is 1.09. The summed E-state index contributed by atoms with van der Waals surface area (Å²) in [5.74, 6) is -0.288. The zero-order chi connectivity index (χ0) is 19.9. The number of rotatable bonds is 5. The van der Waals surface area contributed by atoms with Crippen molar-refractivity contribution in [2.24, 2.45) is 0 Å². The highest BCUT2D eigenvalue weighted by molar-refractivity contribution is 7.18. The van der Waals surface area contributed by atoms with E-state index in [1.807, 2.05) is 31.2 Å². The van der Waals surface area contributed by atoms with Gasteiger partial charge in [0.05, 0.1) is 16.3 Å². The Hall–Kier alpha value is -2.48. The van der Waals surface area contributed by atoms with Gasteiger partial charge in [-0.05, 0) is 31.9 Å². The highest BCUT2D eigenvalue weighted by atomic mass is 32.1. The molecule has 2 heterocycles. The van der Waals surface area contributed by atoms with E-state index in [2.05, 4.69) is 10.3 Å². The van der Waals surface area contributed by atoms with Crippen molar-refractivity contribution in [1.82, 2.24) is 20.1 Å². The summed E-state index contributed by atoms with van der Waals surface area (Å²) in [6, 6.07) is 7.34. The van der Waals surface area contributed by atoms with E-state index >= 15 is 0 Å². The molecule has 4 rings (SSSR count). The van der Waals surface area contributed by atoms with Crippen molar-refractivity contribution in [2.75, 3.05) is 13.6 Å². The second kappa shape index (κ2) is 7.16. The van der Waals surface area contributed by atoms with E-state index in [9.17, 15) is 14.4 Å². The van der Waals surface area contributed by atoms with E-state index in [0.717, 1.165) is 28.1 Å². The first kappa shape index (κ1) is 18.9. The molecule has 0 bridgehead atoms. The molecule has 2 aliphatic rings. The number of thiazole rings is 1. The number of urea groups is 1. The van der Waals surface area contributed by atoms with Crippen LogP contribution in [0.1, 0.15) is 50.1 Å². The van der Waals surface area contributed by atoms with E-state index in [1.165, 1.54) is 4.90 Å². The summed E-state index contributed by atoms with van der Waals surface area (Å²) >= 11 is 1.57. The maximum Gasteiger partial charge on any atom is 0.325 e. The van der Waals surface area contributed by atoms with Crippen molar-refractivity contribution in [3.63, 3.8) is 0 Å². The van der Waals surface area contributed by atoms with Crippen LogP contribution >= 0.6 is 11.3 Å². The smallest absolute Gasteiger partial charge is 0.325 e. The Morgan fingerprint density at radius 2 is 2.04 bits per heavy atom. The van der Waals surface area contributed by atoms with Crippen molar-refractivity contribution in [2.45, 2.75) is 50.6 Å². The molecule has 1 saturated heterocycles. The molecular weight excluding hydrogens is 376 g/mol. The minimum atomic E-state index is -0.722. The van der Waals surface area contributed by atoms with E-state index in [1.54, 1.807) is 23.3 Å². The number of amides is 4. The molecule has 1 aromatic heterocycles. The Labute approximate surface area is 167 Å². The minimum absolute atomic E-state index is 0.111. The molecule has 1 atom stereocenters. The molecule has 0 radical (unpaired) electrons. The van der Waals surface area contributed by atoms with Gasteiger partial charge >= 0.3 is 6.03 Å². The van der Waals surface area contributed by atoms with Crippen LogP contribution in [0.25, 0.3) is 10.2 Å². The Balaban J connectivity index is 1.39. The van der Waals surface area contributed by atoms with Gasteiger partial charge in [-0.15, -0.1) is 11.3 Å². The lowest BCUT2D eigenvalue weighted by atomic mass is 9.98. The lowest BCUT2D eigenvalue weighted by molar-refractivity contribution is -0.134. The van der Waals surface area contributed by atoms with Crippen LogP contribution in [0, 0.1) is 0 Å². The number of hydrogen-bond acceptors (Lipinski definition) is 5. The zero-order valence-corrected chi connectivity index (χ0v) is 16.9. The first-order valence-corrected chi connectivity index (χ1v) is 10.5. The molecule has 8 heteroatoms. The highest BCUT2D eigenvalue weighted by Crippen LogP contribution is 2.35. The number of nitrogens with zero attached hydrogens (tertiary/aromatic N) is 3. The van der Waals surface area contributed by atoms with Gasteiger partial charge in [-0.2, -0.15) is 0 Å². The molecule has 1 aliphatic heterocycles. The van der Waals surface area contributed by atoms with Crippen molar-refractivity contribution >= 4 is 39.4 Å². The Kier molecular flexibility index (Phi) is 4.82. The standard InChI is InChI=1S/C20H24N4O3S/c1-13(17-21-14-7-3-4-8-15(14)28-17)23(2)16(25)9-12-24-18(26)20(22-19(24)27)10-5-6-11-20/h3-4,7-8,13H,5-6,9-12H2,1-2H3,(H,22,27)/t13-/m1/s1. The number of para-hydroxylation sites is 1. The second-order valence-electron chi connectivity index (χ2n) is 7.63. The van der Waals surface area contributed by atoms with Crippen LogP contribution in [-0.4, -0.2) is 51.8 Å². The van der Waals surface area contributed by atoms with Gasteiger partial charge < -0.3 is 10.2 Å². The van der Waals surface area contributed by atoms with E-state index in [-0.39, 0.29) is 36.9 Å². The van der Waals surface area contributed by atoms with Gasteiger partial charge in [-0.3, -0.25) is 14.5 Å². The van der Waals surface area contributed by atoms with Crippen molar-refractivity contribution in [3.05, 3.63) is 29.3 Å². The quantitative estimate of drug-likeness (QED) is 0.782. The third kappa shape index (κ3) is 3.15. The van der Waals surface area contributed by atoms with Gasteiger partial charge in [-0.1, -0.05) is 25.0 Å². The molecule has 148 valence electrons. The Morgan fingerprint density at radius 3 is 2.75 bits per heavy atom. The summed E-state index contributed by atoms with van der Waals surface area (Å²) in [6.45, 7) is 2.05. The summed E-state index contributed by atoms with van der Waals surface area (Å²) in [7, 11) is 1.74. The fourth-order valence-electron chi connectivity index (χ4n) is 4.03. The fraction of sp³-hybridized carbons (Fsp3) is 0.500. The number of benzene rings is 1. The van der Waals surface area contributed by atoms with Gasteiger partial charge in [0, 0.05) is 20.0 Å². The largest absolute Gasteiger partial charge is 0.337 e. The first-order valence-electron chi connectivity index (χ1n) is 9.66. The number of nitrogens with one attached hydrogen (secondary N) is 1. The van der Waals surface area contributed by atoms with Crippen LogP contribution in [0.3, 0.4) is 0 Å². The second-order valence-corrected chi connectivity index (χ2v) is 8.69. The van der Waals surface area contributed by atoms with Crippen LogP contribution in [0.15, 0.2) is 24.3 Å². The van der Waals surface area contributed by atoms with Crippen molar-refractivity contribution in [1.29, 1.82) is 0 Å². The number of aromatic nitrogens is 1. The summed E-state index contributed by atoms with van der Waals surface area (Å²) in [5, 5.41) is 3.72. The lowest BCUT2D eigenvalue weighted by Crippen LogP contribution is -2.44. The van der Waals surface area contributed by atoms with Gasteiger partial charge in [0.25, 0.3) is 5.91 Å². The monoisotopic (exact) mass is 400 g/mol. The predicted molar refractivity (Wildman–Crippen MR) is 107 cm³/mol. The van der Waals surface area contributed by atoms with Crippen molar-refractivity contribution < 1.29 is 14.4 Å². The highest BCUT2D eigenvalue weighted by Gasteiger charge is 2.52. The fourth-order valence-corrected chi connectivity index (χ4v) is 5.09. The molecule has 4 amide bonds. The minimum Gasteiger partial charge on any atom is -0.337 e. The number of carbonyl (C=O) groups excluding carboxylic acids is 3. The Morgan fingerprint density at radius 1 is 1.32 bits per heavy atom. The molecule has 1 aromatic carbocycles.